The zero-order chi connectivity index (χ0) is 14.9. The Morgan fingerprint density at radius 3 is 2.60 bits per heavy atom. The molecule has 100 valence electrons. The van der Waals surface area contributed by atoms with Crippen molar-refractivity contribution in [1.82, 2.24) is 0 Å². The van der Waals surface area contributed by atoms with Crippen LogP contribution >= 0.6 is 0 Å². The minimum absolute atomic E-state index is 0.152. The third kappa shape index (κ3) is 1.85. The van der Waals surface area contributed by atoms with Crippen LogP contribution in [0.5, 0.6) is 0 Å². The summed E-state index contributed by atoms with van der Waals surface area (Å²) >= 11 is 0. The number of Topliss-reactive ketones (excluding diaryl/α,β-unsaturated/α-hetero) is 1. The van der Waals surface area contributed by atoms with Crippen molar-refractivity contribution in [3.8, 4) is 12.1 Å². The first-order valence-corrected chi connectivity index (χ1v) is 6.17. The molecular weight excluding hydrogens is 254 g/mol. The van der Waals surface area contributed by atoms with Gasteiger partial charge in [-0.2, -0.15) is 10.5 Å². The predicted octanol–water partition coefficient (Wildman–Crippen LogP) is 1.83. The fourth-order valence-corrected chi connectivity index (χ4v) is 2.70. The normalized spacial score (nSPS) is 19.9. The summed E-state index contributed by atoms with van der Waals surface area (Å²) in [6.07, 6.45) is -0.152. The molecule has 2 rings (SSSR count). The van der Waals surface area contributed by atoms with Crippen molar-refractivity contribution in [1.29, 1.82) is 10.5 Å². The summed E-state index contributed by atoms with van der Waals surface area (Å²) in [5.41, 5.74) is 0.627. The average Bonchev–Trinajstić information content (AvgIpc) is 2.64. The van der Waals surface area contributed by atoms with Gasteiger partial charge in [0, 0.05) is 12.1 Å². The summed E-state index contributed by atoms with van der Waals surface area (Å²) in [4.78, 5) is 24.0. The Labute approximate surface area is 116 Å². The van der Waals surface area contributed by atoms with Crippen molar-refractivity contribution < 1.29 is 9.59 Å². The van der Waals surface area contributed by atoms with Crippen LogP contribution in [0.2, 0.25) is 0 Å². The lowest BCUT2D eigenvalue weighted by molar-refractivity contribution is -0.127. The Balaban J connectivity index is 2.73. The molecule has 0 saturated heterocycles. The largest absolute Gasteiger partial charge is 0.325 e. The Bertz CT molecular complexity index is 667. The van der Waals surface area contributed by atoms with E-state index in [4.69, 9.17) is 0 Å². The third-order valence-corrected chi connectivity index (χ3v) is 3.59. The lowest BCUT2D eigenvalue weighted by Gasteiger charge is -2.27. The zero-order valence-electron chi connectivity index (χ0n) is 11.2. The van der Waals surface area contributed by atoms with Gasteiger partial charge >= 0.3 is 0 Å². The van der Waals surface area contributed by atoms with Crippen LogP contribution in [0.1, 0.15) is 24.5 Å². The van der Waals surface area contributed by atoms with Gasteiger partial charge < -0.3 is 5.32 Å². The van der Waals surface area contributed by atoms with Crippen LogP contribution in [0.15, 0.2) is 18.2 Å². The summed E-state index contributed by atoms with van der Waals surface area (Å²) in [5.74, 6) is -1.89. The van der Waals surface area contributed by atoms with E-state index in [9.17, 15) is 20.1 Å². The average molecular weight is 267 g/mol. The number of anilines is 1. The molecular formula is C15H13N3O2. The van der Waals surface area contributed by atoms with Gasteiger partial charge in [0.2, 0.25) is 5.91 Å². The highest BCUT2D eigenvalue weighted by Crippen LogP contribution is 2.45. The highest BCUT2D eigenvalue weighted by molar-refractivity contribution is 6.09. The summed E-state index contributed by atoms with van der Waals surface area (Å²) in [6, 6.07) is 9.04. The van der Waals surface area contributed by atoms with Crippen LogP contribution in [-0.2, 0) is 15.0 Å². The zero-order valence-corrected chi connectivity index (χ0v) is 11.2. The van der Waals surface area contributed by atoms with Crippen molar-refractivity contribution in [3.05, 3.63) is 29.3 Å². The van der Waals surface area contributed by atoms with Crippen LogP contribution in [-0.4, -0.2) is 11.7 Å². The van der Waals surface area contributed by atoms with Crippen molar-refractivity contribution in [2.45, 2.75) is 25.7 Å². The summed E-state index contributed by atoms with van der Waals surface area (Å²) < 4.78 is 0. The van der Waals surface area contributed by atoms with Crippen LogP contribution in [0.4, 0.5) is 5.69 Å². The number of nitrogens with zero attached hydrogens (tertiary/aromatic N) is 2. The van der Waals surface area contributed by atoms with E-state index in [1.807, 2.05) is 25.1 Å². The van der Waals surface area contributed by atoms with Gasteiger partial charge in [-0.25, -0.2) is 0 Å². The van der Waals surface area contributed by atoms with Crippen molar-refractivity contribution >= 4 is 17.4 Å². The Hall–Kier alpha value is -2.66. The second-order valence-electron chi connectivity index (χ2n) is 5.04. The van der Waals surface area contributed by atoms with Gasteiger partial charge in [-0.15, -0.1) is 0 Å². The number of aryl methyl sites for hydroxylation is 1. The fourth-order valence-electron chi connectivity index (χ4n) is 2.70. The maximum Gasteiger partial charge on any atom is 0.238 e. The van der Waals surface area contributed by atoms with Gasteiger partial charge in [-0.05, 0) is 25.5 Å². The second kappa shape index (κ2) is 4.79. The Kier molecular flexibility index (Phi) is 3.29. The molecule has 0 radical (unpaired) electrons. The van der Waals surface area contributed by atoms with Crippen molar-refractivity contribution in [2.24, 2.45) is 5.92 Å². The highest BCUT2D eigenvalue weighted by atomic mass is 16.2. The second-order valence-corrected chi connectivity index (χ2v) is 5.04. The maximum atomic E-state index is 12.4. The van der Waals surface area contributed by atoms with Gasteiger partial charge in [-0.3, -0.25) is 9.59 Å². The first kappa shape index (κ1) is 13.8. The van der Waals surface area contributed by atoms with Gasteiger partial charge in [-0.1, -0.05) is 17.7 Å². The summed E-state index contributed by atoms with van der Waals surface area (Å²) in [7, 11) is 0. The molecule has 1 N–H and O–H groups in total. The maximum absolute atomic E-state index is 12.4. The van der Waals surface area contributed by atoms with E-state index in [1.54, 1.807) is 12.1 Å². The first-order valence-electron chi connectivity index (χ1n) is 6.17. The van der Waals surface area contributed by atoms with Crippen molar-refractivity contribution in [3.63, 3.8) is 0 Å². The number of fused-ring (bicyclic) bond motifs is 1. The molecule has 1 heterocycles. The molecule has 0 spiro atoms. The van der Waals surface area contributed by atoms with Crippen molar-refractivity contribution in [2.75, 3.05) is 5.32 Å². The molecule has 0 aliphatic carbocycles. The molecule has 1 aliphatic heterocycles. The molecule has 0 bridgehead atoms. The molecule has 1 amide bonds. The van der Waals surface area contributed by atoms with Crippen LogP contribution < -0.4 is 5.32 Å². The number of amides is 1. The summed E-state index contributed by atoms with van der Waals surface area (Å²) in [6.45, 7) is 3.21. The minimum Gasteiger partial charge on any atom is -0.325 e. The Morgan fingerprint density at radius 1 is 1.40 bits per heavy atom. The van der Waals surface area contributed by atoms with E-state index < -0.39 is 17.2 Å². The van der Waals surface area contributed by atoms with Gasteiger partial charge in [0.25, 0.3) is 0 Å². The van der Waals surface area contributed by atoms with Gasteiger partial charge in [0.1, 0.15) is 11.2 Å². The third-order valence-electron chi connectivity index (χ3n) is 3.59. The number of hydrogen-bond donors (Lipinski definition) is 1. The molecule has 5 heteroatoms. The number of ketones is 1. The molecule has 0 saturated carbocycles. The van der Waals surface area contributed by atoms with E-state index in [-0.39, 0.29) is 12.2 Å². The van der Waals surface area contributed by atoms with Crippen LogP contribution in [0.25, 0.3) is 0 Å². The molecule has 20 heavy (non-hydrogen) atoms. The summed E-state index contributed by atoms with van der Waals surface area (Å²) in [5, 5.41) is 21.1. The quantitative estimate of drug-likeness (QED) is 0.903. The lowest BCUT2D eigenvalue weighted by atomic mass is 9.68. The van der Waals surface area contributed by atoms with E-state index in [1.165, 1.54) is 6.92 Å². The van der Waals surface area contributed by atoms with E-state index in [0.29, 0.717) is 11.3 Å². The Morgan fingerprint density at radius 2 is 2.05 bits per heavy atom. The number of hydrogen-bond acceptors (Lipinski definition) is 4. The van der Waals surface area contributed by atoms with Crippen LogP contribution in [0, 0.1) is 35.5 Å². The highest BCUT2D eigenvalue weighted by Gasteiger charge is 2.53. The fraction of sp³-hybridized carbons (Fsp3) is 0.333. The molecule has 1 aliphatic rings. The molecule has 0 fully saturated rings. The number of carbonyl (C=O) groups is 2. The molecule has 1 aromatic rings. The molecule has 1 aromatic carbocycles. The molecule has 0 unspecified atom stereocenters. The van der Waals surface area contributed by atoms with Crippen LogP contribution in [0.3, 0.4) is 0 Å². The number of nitrogens with one attached hydrogen (secondary N) is 1. The number of rotatable bonds is 3. The topological polar surface area (TPSA) is 93.8 Å². The SMILES string of the molecule is CC(=O)C[C@]1(C(C#N)C#N)C(=O)Nc2ccc(C)cc21. The molecule has 0 aromatic heterocycles. The van der Waals surface area contributed by atoms with E-state index in [0.717, 1.165) is 5.56 Å². The minimum atomic E-state index is -1.41. The monoisotopic (exact) mass is 267 g/mol. The van der Waals surface area contributed by atoms with E-state index >= 15 is 0 Å². The smallest absolute Gasteiger partial charge is 0.238 e. The first-order chi connectivity index (χ1) is 9.45. The lowest BCUT2D eigenvalue weighted by Crippen LogP contribution is -2.42. The molecule has 5 nitrogen and oxygen atoms in total. The predicted molar refractivity (Wildman–Crippen MR) is 71.5 cm³/mol. The van der Waals surface area contributed by atoms with Gasteiger partial charge in [0.15, 0.2) is 5.92 Å². The number of nitriles is 2. The van der Waals surface area contributed by atoms with Gasteiger partial charge in [0.05, 0.1) is 12.1 Å². The van der Waals surface area contributed by atoms with E-state index in [2.05, 4.69) is 5.32 Å². The standard InChI is InChI=1S/C15H13N3O2/c1-9-3-4-13-12(5-9)15(6-10(2)19,14(20)18-13)11(7-16)8-17/h3-5,11H,6H2,1-2H3,(H,18,20)/t15-/m1/s1. The number of benzene rings is 1. The molecule has 1 atom stereocenters. The number of carbonyl (C=O) groups excluding carboxylic acids is 2.